The first-order valence-electron chi connectivity index (χ1n) is 9.82. The van der Waals surface area contributed by atoms with Crippen molar-refractivity contribution < 1.29 is 13.9 Å². The summed E-state index contributed by atoms with van der Waals surface area (Å²) in [5, 5.41) is 2.98. The first-order valence-corrected chi connectivity index (χ1v) is 9.82. The van der Waals surface area contributed by atoms with Crippen LogP contribution in [-0.4, -0.2) is 38.1 Å². The molecule has 1 amide bonds. The summed E-state index contributed by atoms with van der Waals surface area (Å²) in [6.45, 7) is 3.42. The summed E-state index contributed by atoms with van der Waals surface area (Å²) < 4.78 is 11.2. The summed E-state index contributed by atoms with van der Waals surface area (Å²) in [7, 11) is 3.93. The molecule has 0 saturated carbocycles. The second kappa shape index (κ2) is 11.4. The van der Waals surface area contributed by atoms with Crippen molar-refractivity contribution in [1.82, 2.24) is 10.2 Å². The van der Waals surface area contributed by atoms with E-state index in [1.54, 1.807) is 18.4 Å². The molecule has 0 fully saturated rings. The topological polar surface area (TPSA) is 54.7 Å². The van der Waals surface area contributed by atoms with E-state index in [-0.39, 0.29) is 11.9 Å². The molecule has 0 aliphatic rings. The van der Waals surface area contributed by atoms with Gasteiger partial charge in [0.15, 0.2) is 0 Å². The highest BCUT2D eigenvalue weighted by Gasteiger charge is 2.18. The number of hydrogen-bond acceptors (Lipinski definition) is 4. The third kappa shape index (κ3) is 7.10. The summed E-state index contributed by atoms with van der Waals surface area (Å²) in [4.78, 5) is 14.4. The van der Waals surface area contributed by atoms with Crippen molar-refractivity contribution in [1.29, 1.82) is 0 Å². The second-order valence-corrected chi connectivity index (χ2v) is 6.99. The molecule has 2 aromatic rings. The SMILES string of the molecule is CCCCCCCOc1ccc(C(=O)NCC(c2ccco2)N(C)C)cc1. The fourth-order valence-corrected chi connectivity index (χ4v) is 2.91. The molecular weight excluding hydrogens is 340 g/mol. The van der Waals surface area contributed by atoms with E-state index in [2.05, 4.69) is 12.2 Å². The minimum Gasteiger partial charge on any atom is -0.494 e. The van der Waals surface area contributed by atoms with Crippen molar-refractivity contribution in [3.8, 4) is 5.75 Å². The Morgan fingerprint density at radius 3 is 2.48 bits per heavy atom. The Morgan fingerprint density at radius 1 is 1.11 bits per heavy atom. The smallest absolute Gasteiger partial charge is 0.251 e. The highest BCUT2D eigenvalue weighted by atomic mass is 16.5. The molecule has 1 aromatic heterocycles. The van der Waals surface area contributed by atoms with Gasteiger partial charge in [0.2, 0.25) is 0 Å². The predicted octanol–water partition coefficient (Wildman–Crippen LogP) is 4.66. The van der Waals surface area contributed by atoms with Gasteiger partial charge in [0.05, 0.1) is 18.9 Å². The zero-order valence-corrected chi connectivity index (χ0v) is 16.7. The van der Waals surface area contributed by atoms with Gasteiger partial charge in [0.25, 0.3) is 5.91 Å². The Balaban J connectivity index is 1.77. The van der Waals surface area contributed by atoms with Gasteiger partial charge in [-0.3, -0.25) is 9.69 Å². The standard InChI is InChI=1S/C22H32N2O3/c1-4-5-6-7-8-15-26-19-13-11-18(12-14-19)22(25)23-17-20(24(2)3)21-10-9-16-27-21/h9-14,16,20H,4-8,15,17H2,1-3H3,(H,23,25). The molecule has 5 heteroatoms. The van der Waals surface area contributed by atoms with Crippen molar-refractivity contribution in [2.75, 3.05) is 27.2 Å². The lowest BCUT2D eigenvalue weighted by molar-refractivity contribution is 0.0939. The molecule has 27 heavy (non-hydrogen) atoms. The maximum atomic E-state index is 12.4. The molecule has 0 aliphatic heterocycles. The molecule has 0 saturated heterocycles. The highest BCUT2D eigenvalue weighted by Crippen LogP contribution is 2.18. The van der Waals surface area contributed by atoms with Crippen LogP contribution in [-0.2, 0) is 0 Å². The molecule has 1 unspecified atom stereocenters. The van der Waals surface area contributed by atoms with Crippen LogP contribution in [0.5, 0.6) is 5.75 Å². The molecule has 0 aliphatic carbocycles. The van der Waals surface area contributed by atoms with Crippen LogP contribution >= 0.6 is 0 Å². The van der Waals surface area contributed by atoms with E-state index in [1.807, 2.05) is 43.3 Å². The van der Waals surface area contributed by atoms with Gasteiger partial charge in [-0.15, -0.1) is 0 Å². The number of amides is 1. The first kappa shape index (κ1) is 21.0. The van der Waals surface area contributed by atoms with Crippen LogP contribution < -0.4 is 10.1 Å². The highest BCUT2D eigenvalue weighted by molar-refractivity contribution is 5.94. The molecule has 2 rings (SSSR count). The summed E-state index contributed by atoms with van der Waals surface area (Å²) in [5.74, 6) is 1.55. The number of nitrogens with zero attached hydrogens (tertiary/aromatic N) is 1. The monoisotopic (exact) mass is 372 g/mol. The molecule has 1 aromatic carbocycles. The van der Waals surface area contributed by atoms with Gasteiger partial charge in [-0.2, -0.15) is 0 Å². The summed E-state index contributed by atoms with van der Waals surface area (Å²) in [5.41, 5.74) is 0.627. The molecule has 0 spiro atoms. The van der Waals surface area contributed by atoms with Gasteiger partial charge in [0.1, 0.15) is 11.5 Å². The Morgan fingerprint density at radius 2 is 1.85 bits per heavy atom. The van der Waals surface area contributed by atoms with E-state index in [9.17, 15) is 4.79 Å². The maximum absolute atomic E-state index is 12.4. The number of furan rings is 1. The van der Waals surface area contributed by atoms with Crippen LogP contribution in [0.3, 0.4) is 0 Å². The maximum Gasteiger partial charge on any atom is 0.251 e. The normalized spacial score (nSPS) is 12.1. The number of ether oxygens (including phenoxy) is 1. The van der Waals surface area contributed by atoms with E-state index in [1.165, 1.54) is 25.7 Å². The van der Waals surface area contributed by atoms with E-state index in [0.29, 0.717) is 12.1 Å². The van der Waals surface area contributed by atoms with Crippen LogP contribution in [0.2, 0.25) is 0 Å². The van der Waals surface area contributed by atoms with Crippen molar-refractivity contribution in [3.05, 3.63) is 54.0 Å². The number of rotatable bonds is 12. The number of benzene rings is 1. The Labute approximate surface area is 162 Å². The number of unbranched alkanes of at least 4 members (excludes halogenated alkanes) is 4. The van der Waals surface area contributed by atoms with Crippen molar-refractivity contribution in [3.63, 3.8) is 0 Å². The van der Waals surface area contributed by atoms with Gasteiger partial charge in [-0.1, -0.05) is 32.6 Å². The fourth-order valence-electron chi connectivity index (χ4n) is 2.91. The van der Waals surface area contributed by atoms with Gasteiger partial charge < -0.3 is 14.5 Å². The zero-order chi connectivity index (χ0) is 19.5. The Hall–Kier alpha value is -2.27. The summed E-state index contributed by atoms with van der Waals surface area (Å²) in [6, 6.07) is 11.1. The minimum atomic E-state index is -0.0977. The van der Waals surface area contributed by atoms with E-state index in [4.69, 9.17) is 9.15 Å². The van der Waals surface area contributed by atoms with Crippen molar-refractivity contribution in [2.45, 2.75) is 45.1 Å². The largest absolute Gasteiger partial charge is 0.494 e. The average Bonchev–Trinajstić information content (AvgIpc) is 3.19. The van der Waals surface area contributed by atoms with Crippen LogP contribution in [0.4, 0.5) is 0 Å². The molecule has 0 bridgehead atoms. The summed E-state index contributed by atoms with van der Waals surface area (Å²) in [6.07, 6.45) is 7.73. The lowest BCUT2D eigenvalue weighted by Gasteiger charge is -2.22. The third-order valence-electron chi connectivity index (χ3n) is 4.58. The number of carbonyl (C=O) groups excluding carboxylic acids is 1. The summed E-state index contributed by atoms with van der Waals surface area (Å²) >= 11 is 0. The lowest BCUT2D eigenvalue weighted by atomic mass is 10.1. The van der Waals surface area contributed by atoms with Crippen LogP contribution in [0, 0.1) is 0 Å². The molecule has 5 nitrogen and oxygen atoms in total. The number of hydrogen-bond donors (Lipinski definition) is 1. The van der Waals surface area contributed by atoms with Gasteiger partial charge in [-0.25, -0.2) is 0 Å². The number of nitrogens with one attached hydrogen (secondary N) is 1. The van der Waals surface area contributed by atoms with Crippen LogP contribution in [0.1, 0.15) is 61.2 Å². The van der Waals surface area contributed by atoms with Crippen LogP contribution in [0.25, 0.3) is 0 Å². The molecule has 1 heterocycles. The van der Waals surface area contributed by atoms with Gasteiger partial charge in [-0.05, 0) is 56.9 Å². The predicted molar refractivity (Wildman–Crippen MR) is 108 cm³/mol. The van der Waals surface area contributed by atoms with E-state index in [0.717, 1.165) is 24.5 Å². The van der Waals surface area contributed by atoms with Crippen molar-refractivity contribution >= 4 is 5.91 Å². The molecular formula is C22H32N2O3. The molecule has 0 radical (unpaired) electrons. The number of carbonyl (C=O) groups is 1. The van der Waals surface area contributed by atoms with E-state index >= 15 is 0 Å². The molecule has 148 valence electrons. The second-order valence-electron chi connectivity index (χ2n) is 6.99. The van der Waals surface area contributed by atoms with Gasteiger partial charge >= 0.3 is 0 Å². The third-order valence-corrected chi connectivity index (χ3v) is 4.58. The lowest BCUT2D eigenvalue weighted by Crippen LogP contribution is -2.34. The first-order chi connectivity index (χ1) is 13.1. The van der Waals surface area contributed by atoms with Gasteiger partial charge in [0, 0.05) is 12.1 Å². The Kier molecular flexibility index (Phi) is 8.92. The average molecular weight is 373 g/mol. The number of likely N-dealkylation sites (N-methyl/N-ethyl adjacent to an activating group) is 1. The Bertz CT molecular complexity index is 651. The zero-order valence-electron chi connectivity index (χ0n) is 16.7. The van der Waals surface area contributed by atoms with E-state index < -0.39 is 0 Å². The quantitative estimate of drug-likeness (QED) is 0.551. The fraction of sp³-hybridized carbons (Fsp3) is 0.500. The van der Waals surface area contributed by atoms with Crippen LogP contribution in [0.15, 0.2) is 47.1 Å². The molecule has 1 N–H and O–H groups in total. The van der Waals surface area contributed by atoms with Crippen molar-refractivity contribution in [2.24, 2.45) is 0 Å². The minimum absolute atomic E-state index is 0.000681. The molecule has 1 atom stereocenters.